The van der Waals surface area contributed by atoms with Crippen molar-refractivity contribution in [3.63, 3.8) is 0 Å². The minimum absolute atomic E-state index is 0.0994. The number of hydrogen-bond donors (Lipinski definition) is 0. The lowest BCUT2D eigenvalue weighted by Gasteiger charge is -2.06. The zero-order chi connectivity index (χ0) is 7.56. The molecule has 0 aliphatic rings. The fourth-order valence-electron chi connectivity index (χ4n) is 0.989. The number of nitrogens with zero attached hydrogens (tertiary/aromatic N) is 1. The highest BCUT2D eigenvalue weighted by Gasteiger charge is 1.94. The van der Waals surface area contributed by atoms with Crippen molar-refractivity contribution in [2.24, 2.45) is 0 Å². The Labute approximate surface area is 60.4 Å². The molecule has 1 aromatic rings. The summed E-state index contributed by atoms with van der Waals surface area (Å²) in [5.41, 5.74) is 0.801. The van der Waals surface area contributed by atoms with Crippen molar-refractivity contribution in [1.29, 1.82) is 0 Å². The smallest absolute Gasteiger partial charge is 0.0139 e. The summed E-state index contributed by atoms with van der Waals surface area (Å²) < 4.78 is 1.75. The number of aromatic nitrogens is 1. The lowest BCUT2D eigenvalue weighted by molar-refractivity contribution is -0.269. The summed E-state index contributed by atoms with van der Waals surface area (Å²) >= 11 is 0. The molecule has 0 aliphatic heterocycles. The standard InChI is InChI=1S/C8H11NO/c1-3-7-8(10)5-6-9(7)4-2/h4-6,10H,2-3H2,1H3/p-1. The highest BCUT2D eigenvalue weighted by Crippen LogP contribution is 2.15. The van der Waals surface area contributed by atoms with Crippen LogP contribution in [0.25, 0.3) is 6.20 Å². The molecule has 10 heavy (non-hydrogen) atoms. The molecule has 0 N–H and O–H groups in total. The van der Waals surface area contributed by atoms with Gasteiger partial charge in [0.15, 0.2) is 0 Å². The molecule has 0 bridgehead atoms. The first-order valence-electron chi connectivity index (χ1n) is 3.29. The molecule has 0 atom stereocenters. The molecule has 0 amide bonds. The van der Waals surface area contributed by atoms with Crippen molar-refractivity contribution in [3.05, 3.63) is 24.5 Å². The maximum absolute atomic E-state index is 11.0. The summed E-state index contributed by atoms with van der Waals surface area (Å²) in [6, 6.07) is 1.56. The maximum atomic E-state index is 11.0. The van der Waals surface area contributed by atoms with E-state index in [1.807, 2.05) is 6.92 Å². The van der Waals surface area contributed by atoms with Crippen molar-refractivity contribution in [1.82, 2.24) is 4.57 Å². The van der Waals surface area contributed by atoms with Gasteiger partial charge in [0.1, 0.15) is 0 Å². The van der Waals surface area contributed by atoms with Crippen LogP contribution in [0.2, 0.25) is 0 Å². The van der Waals surface area contributed by atoms with Crippen molar-refractivity contribution >= 4 is 6.20 Å². The van der Waals surface area contributed by atoms with Crippen LogP contribution in [0.4, 0.5) is 0 Å². The Morgan fingerprint density at radius 2 is 2.50 bits per heavy atom. The highest BCUT2D eigenvalue weighted by atomic mass is 16.3. The van der Waals surface area contributed by atoms with E-state index in [9.17, 15) is 5.11 Å². The Morgan fingerprint density at radius 3 is 2.90 bits per heavy atom. The zero-order valence-corrected chi connectivity index (χ0v) is 6.00. The van der Waals surface area contributed by atoms with Crippen molar-refractivity contribution in [2.45, 2.75) is 13.3 Å². The SMILES string of the molecule is C=Cn1ccc([O-])c1CC. The van der Waals surface area contributed by atoms with Gasteiger partial charge in [-0.25, -0.2) is 0 Å². The van der Waals surface area contributed by atoms with E-state index < -0.39 is 0 Å². The number of hydrogen-bond acceptors (Lipinski definition) is 1. The molecule has 0 aliphatic carbocycles. The molecule has 0 saturated heterocycles. The molecule has 0 radical (unpaired) electrons. The van der Waals surface area contributed by atoms with Crippen LogP contribution in [0.1, 0.15) is 12.6 Å². The van der Waals surface area contributed by atoms with Gasteiger partial charge >= 0.3 is 0 Å². The second-order valence-corrected chi connectivity index (χ2v) is 2.07. The monoisotopic (exact) mass is 136 g/mol. The molecule has 1 rings (SSSR count). The predicted molar refractivity (Wildman–Crippen MR) is 39.6 cm³/mol. The molecular formula is C8H10NO-. The van der Waals surface area contributed by atoms with Crippen LogP contribution in [0.3, 0.4) is 0 Å². The van der Waals surface area contributed by atoms with Crippen molar-refractivity contribution in [2.75, 3.05) is 0 Å². The molecule has 0 fully saturated rings. The summed E-state index contributed by atoms with van der Waals surface area (Å²) in [5.74, 6) is 0.0994. The molecule has 2 heteroatoms. The molecular weight excluding hydrogens is 126 g/mol. The van der Waals surface area contributed by atoms with Gasteiger partial charge in [0.25, 0.3) is 0 Å². The van der Waals surface area contributed by atoms with Crippen molar-refractivity contribution < 1.29 is 5.11 Å². The summed E-state index contributed by atoms with van der Waals surface area (Å²) in [6.07, 6.45) is 4.13. The molecule has 2 nitrogen and oxygen atoms in total. The first kappa shape index (κ1) is 6.93. The first-order chi connectivity index (χ1) is 4.79. The first-order valence-corrected chi connectivity index (χ1v) is 3.29. The number of rotatable bonds is 2. The quantitative estimate of drug-likeness (QED) is 0.600. The van der Waals surface area contributed by atoms with E-state index in [1.165, 1.54) is 0 Å². The molecule has 0 unspecified atom stereocenters. The summed E-state index contributed by atoms with van der Waals surface area (Å²) in [5, 5.41) is 11.0. The van der Waals surface area contributed by atoms with Crippen LogP contribution in [0.15, 0.2) is 18.8 Å². The molecule has 0 aromatic carbocycles. The fraction of sp³-hybridized carbons (Fsp3) is 0.250. The van der Waals surface area contributed by atoms with Crippen LogP contribution in [-0.2, 0) is 6.42 Å². The molecule has 0 spiro atoms. The fourth-order valence-corrected chi connectivity index (χ4v) is 0.989. The topological polar surface area (TPSA) is 28.0 Å². The third-order valence-electron chi connectivity index (χ3n) is 1.51. The third-order valence-corrected chi connectivity index (χ3v) is 1.51. The molecule has 0 saturated carbocycles. The van der Waals surface area contributed by atoms with Gasteiger partial charge in [0, 0.05) is 18.1 Å². The minimum Gasteiger partial charge on any atom is -0.871 e. The van der Waals surface area contributed by atoms with E-state index in [4.69, 9.17) is 0 Å². The Balaban J connectivity index is 3.12. The second kappa shape index (κ2) is 2.60. The molecule has 54 valence electrons. The van der Waals surface area contributed by atoms with Crippen LogP contribution in [-0.4, -0.2) is 4.57 Å². The van der Waals surface area contributed by atoms with E-state index in [2.05, 4.69) is 6.58 Å². The van der Waals surface area contributed by atoms with E-state index >= 15 is 0 Å². The average molecular weight is 136 g/mol. The highest BCUT2D eigenvalue weighted by molar-refractivity contribution is 5.34. The maximum Gasteiger partial charge on any atom is 0.0139 e. The van der Waals surface area contributed by atoms with Gasteiger partial charge in [-0.3, -0.25) is 0 Å². The van der Waals surface area contributed by atoms with Gasteiger partial charge < -0.3 is 9.67 Å². The minimum atomic E-state index is 0.0994. The normalized spacial score (nSPS) is 9.70. The largest absolute Gasteiger partial charge is 0.871 e. The van der Waals surface area contributed by atoms with Gasteiger partial charge in [-0.15, -0.1) is 0 Å². The van der Waals surface area contributed by atoms with Crippen LogP contribution in [0, 0.1) is 0 Å². The lowest BCUT2D eigenvalue weighted by Crippen LogP contribution is -1.96. The van der Waals surface area contributed by atoms with E-state index in [0.717, 1.165) is 12.1 Å². The summed E-state index contributed by atoms with van der Waals surface area (Å²) in [6.45, 7) is 5.53. The summed E-state index contributed by atoms with van der Waals surface area (Å²) in [7, 11) is 0. The van der Waals surface area contributed by atoms with E-state index in [0.29, 0.717) is 0 Å². The average Bonchev–Trinajstić information content (AvgIpc) is 2.30. The van der Waals surface area contributed by atoms with Crippen LogP contribution < -0.4 is 5.11 Å². The van der Waals surface area contributed by atoms with Crippen LogP contribution in [0.5, 0.6) is 5.75 Å². The Morgan fingerprint density at radius 1 is 1.80 bits per heavy atom. The van der Waals surface area contributed by atoms with Crippen LogP contribution >= 0.6 is 0 Å². The van der Waals surface area contributed by atoms with Gasteiger partial charge in [0.2, 0.25) is 0 Å². The van der Waals surface area contributed by atoms with Gasteiger partial charge in [0.05, 0.1) is 0 Å². The summed E-state index contributed by atoms with van der Waals surface area (Å²) in [4.78, 5) is 0. The Hall–Kier alpha value is -1.18. The molecule has 1 aromatic heterocycles. The third kappa shape index (κ3) is 0.923. The van der Waals surface area contributed by atoms with E-state index in [-0.39, 0.29) is 5.75 Å². The van der Waals surface area contributed by atoms with Gasteiger partial charge in [-0.05, 0) is 6.42 Å². The van der Waals surface area contributed by atoms with Gasteiger partial charge in [-0.1, -0.05) is 25.3 Å². The molecule has 1 heterocycles. The van der Waals surface area contributed by atoms with E-state index in [1.54, 1.807) is 23.0 Å². The Kier molecular flexibility index (Phi) is 1.81. The zero-order valence-electron chi connectivity index (χ0n) is 6.00. The Bertz CT molecular complexity index is 237. The van der Waals surface area contributed by atoms with Gasteiger partial charge in [-0.2, -0.15) is 0 Å². The second-order valence-electron chi connectivity index (χ2n) is 2.07. The lowest BCUT2D eigenvalue weighted by atomic mass is 10.3. The predicted octanol–water partition coefficient (Wildman–Crippen LogP) is 1.22. The van der Waals surface area contributed by atoms with Crippen molar-refractivity contribution in [3.8, 4) is 5.75 Å².